The fourth-order valence-corrected chi connectivity index (χ4v) is 1.87. The summed E-state index contributed by atoms with van der Waals surface area (Å²) in [4.78, 5) is 4.29. The van der Waals surface area contributed by atoms with E-state index in [-0.39, 0.29) is 0 Å². The third-order valence-corrected chi connectivity index (χ3v) is 2.84. The van der Waals surface area contributed by atoms with E-state index in [0.29, 0.717) is 6.04 Å². The van der Waals surface area contributed by atoms with Crippen molar-refractivity contribution in [1.29, 1.82) is 0 Å². The van der Waals surface area contributed by atoms with E-state index in [4.69, 9.17) is 5.73 Å². The molecule has 0 spiro atoms. The zero-order chi connectivity index (χ0) is 9.97. The molecule has 1 heterocycles. The minimum absolute atomic E-state index is 0.437. The molecule has 0 bridgehead atoms. The second-order valence-electron chi connectivity index (χ2n) is 4.15. The molecule has 0 radical (unpaired) electrons. The normalized spacial score (nSPS) is 25.6. The summed E-state index contributed by atoms with van der Waals surface area (Å²) in [6, 6.07) is 4.47. The average molecular weight is 191 g/mol. The van der Waals surface area contributed by atoms with Crippen LogP contribution in [0.15, 0.2) is 18.3 Å². The van der Waals surface area contributed by atoms with Gasteiger partial charge in [0.2, 0.25) is 0 Å². The first-order chi connectivity index (χ1) is 6.75. The highest BCUT2D eigenvalue weighted by molar-refractivity contribution is 5.42. The molecule has 1 aromatic heterocycles. The lowest BCUT2D eigenvalue weighted by molar-refractivity contribution is 0.280. The molecule has 1 aliphatic carbocycles. The Balaban J connectivity index is 1.83. The van der Waals surface area contributed by atoms with Gasteiger partial charge in [0.05, 0.1) is 0 Å². The van der Waals surface area contributed by atoms with Crippen LogP contribution in [0.2, 0.25) is 0 Å². The Morgan fingerprint density at radius 3 is 3.00 bits per heavy atom. The van der Waals surface area contributed by atoms with E-state index in [1.165, 1.54) is 5.56 Å². The SMILES string of the molecule is Cc1cccnc1NCC1CC(N)C1. The Labute approximate surface area is 84.7 Å². The molecule has 3 nitrogen and oxygen atoms in total. The number of rotatable bonds is 3. The van der Waals surface area contributed by atoms with Crippen molar-refractivity contribution < 1.29 is 0 Å². The van der Waals surface area contributed by atoms with Gasteiger partial charge in [-0.05, 0) is 37.3 Å². The topological polar surface area (TPSA) is 50.9 Å². The molecule has 0 unspecified atom stereocenters. The Kier molecular flexibility index (Phi) is 2.68. The number of aryl methyl sites for hydroxylation is 1. The number of aromatic nitrogens is 1. The molecular formula is C11H17N3. The first-order valence-electron chi connectivity index (χ1n) is 5.17. The molecule has 14 heavy (non-hydrogen) atoms. The summed E-state index contributed by atoms with van der Waals surface area (Å²) in [5.74, 6) is 1.75. The average Bonchev–Trinajstić information content (AvgIpc) is 2.13. The zero-order valence-corrected chi connectivity index (χ0v) is 8.53. The molecule has 2 rings (SSSR count). The van der Waals surface area contributed by atoms with Crippen molar-refractivity contribution in [2.45, 2.75) is 25.8 Å². The standard InChI is InChI=1S/C11H17N3/c1-8-3-2-4-13-11(8)14-7-9-5-10(12)6-9/h2-4,9-10H,5-7,12H2,1H3,(H,13,14). The van der Waals surface area contributed by atoms with Crippen molar-refractivity contribution in [2.24, 2.45) is 11.7 Å². The maximum Gasteiger partial charge on any atom is 0.128 e. The van der Waals surface area contributed by atoms with Crippen molar-refractivity contribution in [3.05, 3.63) is 23.9 Å². The second-order valence-corrected chi connectivity index (χ2v) is 4.15. The summed E-state index contributed by atoms with van der Waals surface area (Å²) >= 11 is 0. The lowest BCUT2D eigenvalue weighted by Gasteiger charge is -2.32. The Morgan fingerprint density at radius 2 is 2.36 bits per heavy atom. The van der Waals surface area contributed by atoms with Gasteiger partial charge >= 0.3 is 0 Å². The van der Waals surface area contributed by atoms with E-state index in [0.717, 1.165) is 31.1 Å². The first kappa shape index (κ1) is 9.46. The molecule has 3 heteroatoms. The van der Waals surface area contributed by atoms with Gasteiger partial charge < -0.3 is 11.1 Å². The largest absolute Gasteiger partial charge is 0.370 e. The van der Waals surface area contributed by atoms with Crippen LogP contribution in [-0.2, 0) is 0 Å². The number of nitrogens with two attached hydrogens (primary N) is 1. The van der Waals surface area contributed by atoms with Crippen molar-refractivity contribution >= 4 is 5.82 Å². The molecule has 0 amide bonds. The molecule has 0 aromatic carbocycles. The predicted molar refractivity (Wildman–Crippen MR) is 58.2 cm³/mol. The lowest BCUT2D eigenvalue weighted by Crippen LogP contribution is -2.39. The van der Waals surface area contributed by atoms with Crippen LogP contribution in [0, 0.1) is 12.8 Å². The van der Waals surface area contributed by atoms with Gasteiger partial charge in [-0.3, -0.25) is 0 Å². The quantitative estimate of drug-likeness (QED) is 0.762. The van der Waals surface area contributed by atoms with Gasteiger partial charge in [-0.25, -0.2) is 4.98 Å². The van der Waals surface area contributed by atoms with Crippen LogP contribution in [0.25, 0.3) is 0 Å². The van der Waals surface area contributed by atoms with Crippen molar-refractivity contribution in [3.8, 4) is 0 Å². The molecule has 76 valence electrons. The monoisotopic (exact) mass is 191 g/mol. The molecule has 1 aromatic rings. The van der Waals surface area contributed by atoms with Crippen molar-refractivity contribution in [1.82, 2.24) is 4.98 Å². The third kappa shape index (κ3) is 2.04. The van der Waals surface area contributed by atoms with Gasteiger partial charge in [0, 0.05) is 18.8 Å². The third-order valence-electron chi connectivity index (χ3n) is 2.84. The molecule has 1 aliphatic rings. The minimum atomic E-state index is 0.437. The highest BCUT2D eigenvalue weighted by Gasteiger charge is 2.25. The fourth-order valence-electron chi connectivity index (χ4n) is 1.87. The number of nitrogens with one attached hydrogen (secondary N) is 1. The minimum Gasteiger partial charge on any atom is -0.370 e. The molecule has 1 fully saturated rings. The maximum absolute atomic E-state index is 5.72. The van der Waals surface area contributed by atoms with Crippen LogP contribution >= 0.6 is 0 Å². The van der Waals surface area contributed by atoms with E-state index >= 15 is 0 Å². The molecule has 1 saturated carbocycles. The Hall–Kier alpha value is -1.09. The summed E-state index contributed by atoms with van der Waals surface area (Å²) in [7, 11) is 0. The van der Waals surface area contributed by atoms with Crippen LogP contribution in [0.1, 0.15) is 18.4 Å². The first-order valence-corrected chi connectivity index (χ1v) is 5.17. The molecular weight excluding hydrogens is 174 g/mol. The number of hydrogen-bond acceptors (Lipinski definition) is 3. The maximum atomic E-state index is 5.72. The van der Waals surface area contributed by atoms with Crippen LogP contribution in [0.3, 0.4) is 0 Å². The Morgan fingerprint density at radius 1 is 1.57 bits per heavy atom. The molecule has 3 N–H and O–H groups in total. The van der Waals surface area contributed by atoms with Crippen molar-refractivity contribution in [3.63, 3.8) is 0 Å². The number of nitrogens with zero attached hydrogens (tertiary/aromatic N) is 1. The number of anilines is 1. The van der Waals surface area contributed by atoms with Crippen molar-refractivity contribution in [2.75, 3.05) is 11.9 Å². The second kappa shape index (κ2) is 3.96. The molecule has 0 saturated heterocycles. The predicted octanol–water partition coefficient (Wildman–Crippen LogP) is 1.54. The van der Waals surface area contributed by atoms with E-state index < -0.39 is 0 Å². The smallest absolute Gasteiger partial charge is 0.128 e. The van der Waals surface area contributed by atoms with Gasteiger partial charge in [-0.2, -0.15) is 0 Å². The molecule has 0 aliphatic heterocycles. The highest BCUT2D eigenvalue weighted by Crippen LogP contribution is 2.25. The van der Waals surface area contributed by atoms with Crippen LogP contribution < -0.4 is 11.1 Å². The van der Waals surface area contributed by atoms with Crippen LogP contribution in [0.4, 0.5) is 5.82 Å². The summed E-state index contributed by atoms with van der Waals surface area (Å²) in [6.45, 7) is 3.08. The number of pyridine rings is 1. The van der Waals surface area contributed by atoms with Gasteiger partial charge in [-0.1, -0.05) is 6.07 Å². The van der Waals surface area contributed by atoms with Gasteiger partial charge in [0.25, 0.3) is 0 Å². The summed E-state index contributed by atoms with van der Waals surface area (Å²) in [5, 5.41) is 3.37. The lowest BCUT2D eigenvalue weighted by atomic mass is 9.81. The summed E-state index contributed by atoms with van der Waals surface area (Å²) < 4.78 is 0. The van der Waals surface area contributed by atoms with Gasteiger partial charge in [0.15, 0.2) is 0 Å². The van der Waals surface area contributed by atoms with Gasteiger partial charge in [-0.15, -0.1) is 0 Å². The van der Waals surface area contributed by atoms with Crippen LogP contribution in [-0.4, -0.2) is 17.6 Å². The van der Waals surface area contributed by atoms with Crippen LogP contribution in [0.5, 0.6) is 0 Å². The van der Waals surface area contributed by atoms with E-state index in [9.17, 15) is 0 Å². The van der Waals surface area contributed by atoms with E-state index in [1.807, 2.05) is 12.3 Å². The van der Waals surface area contributed by atoms with Gasteiger partial charge in [0.1, 0.15) is 5.82 Å². The highest BCUT2D eigenvalue weighted by atomic mass is 15.0. The molecule has 0 atom stereocenters. The van der Waals surface area contributed by atoms with E-state index in [2.05, 4.69) is 23.3 Å². The fraction of sp³-hybridized carbons (Fsp3) is 0.545. The number of hydrogen-bond donors (Lipinski definition) is 2. The Bertz CT molecular complexity index is 305. The summed E-state index contributed by atoms with van der Waals surface area (Å²) in [6.07, 6.45) is 4.12. The summed E-state index contributed by atoms with van der Waals surface area (Å²) in [5.41, 5.74) is 6.93. The zero-order valence-electron chi connectivity index (χ0n) is 8.53. The van der Waals surface area contributed by atoms with E-state index in [1.54, 1.807) is 0 Å².